The minimum absolute atomic E-state index is 0.228. The van der Waals surface area contributed by atoms with Crippen molar-refractivity contribution in [1.29, 1.82) is 10.5 Å². The van der Waals surface area contributed by atoms with E-state index in [1.165, 1.54) is 0 Å². The molecule has 7 nitrogen and oxygen atoms in total. The first kappa shape index (κ1) is 18.5. The van der Waals surface area contributed by atoms with Crippen LogP contribution in [0.1, 0.15) is 43.3 Å². The number of nitrogens with zero attached hydrogens (tertiary/aromatic N) is 5. The Balaban J connectivity index is 2.09. The van der Waals surface area contributed by atoms with Gasteiger partial charge in [-0.2, -0.15) is 10.5 Å². The van der Waals surface area contributed by atoms with Crippen LogP contribution in [0.3, 0.4) is 0 Å². The van der Waals surface area contributed by atoms with Gasteiger partial charge in [0.25, 0.3) is 0 Å². The number of carbonyl (C=O) groups is 1. The highest BCUT2D eigenvalue weighted by atomic mass is 16.6. The zero-order valence-electron chi connectivity index (χ0n) is 15.9. The lowest BCUT2D eigenvalue weighted by atomic mass is 10.0. The zero-order valence-corrected chi connectivity index (χ0v) is 15.9. The van der Waals surface area contributed by atoms with Gasteiger partial charge in [0, 0.05) is 30.5 Å². The molecule has 7 heteroatoms. The SMILES string of the molecule is Cc1ncccc1-c1c(C#N)c(C#N)c2n1CCN(C(=O)OC(C)(C)C)C2. The van der Waals surface area contributed by atoms with E-state index in [-0.39, 0.29) is 6.54 Å². The van der Waals surface area contributed by atoms with Gasteiger partial charge in [-0.3, -0.25) is 4.98 Å². The summed E-state index contributed by atoms with van der Waals surface area (Å²) in [6.07, 6.45) is 1.27. The number of hydrogen-bond acceptors (Lipinski definition) is 5. The van der Waals surface area contributed by atoms with Crippen molar-refractivity contribution in [3.8, 4) is 23.4 Å². The van der Waals surface area contributed by atoms with Crippen molar-refractivity contribution in [2.45, 2.75) is 46.4 Å². The highest BCUT2D eigenvalue weighted by Gasteiger charge is 2.32. The zero-order chi connectivity index (χ0) is 19.8. The van der Waals surface area contributed by atoms with E-state index in [4.69, 9.17) is 4.74 Å². The maximum Gasteiger partial charge on any atom is 0.410 e. The summed E-state index contributed by atoms with van der Waals surface area (Å²) >= 11 is 0. The number of ether oxygens (including phenoxy) is 1. The first-order valence-corrected chi connectivity index (χ1v) is 8.72. The lowest BCUT2D eigenvalue weighted by Crippen LogP contribution is -2.41. The van der Waals surface area contributed by atoms with Crippen LogP contribution in [0.4, 0.5) is 4.79 Å². The summed E-state index contributed by atoms with van der Waals surface area (Å²) < 4.78 is 7.41. The molecule has 0 N–H and O–H groups in total. The number of aryl methyl sites for hydroxylation is 1. The second kappa shape index (κ2) is 6.77. The van der Waals surface area contributed by atoms with Gasteiger partial charge in [-0.1, -0.05) is 0 Å². The van der Waals surface area contributed by atoms with Crippen LogP contribution in [-0.4, -0.2) is 32.7 Å². The molecule has 3 heterocycles. The number of nitriles is 2. The van der Waals surface area contributed by atoms with Gasteiger partial charge in [0.1, 0.15) is 17.7 Å². The summed E-state index contributed by atoms with van der Waals surface area (Å²) in [5.74, 6) is 0. The minimum Gasteiger partial charge on any atom is -0.444 e. The van der Waals surface area contributed by atoms with E-state index in [9.17, 15) is 15.3 Å². The van der Waals surface area contributed by atoms with Gasteiger partial charge in [-0.15, -0.1) is 0 Å². The molecule has 0 saturated heterocycles. The van der Waals surface area contributed by atoms with E-state index in [0.29, 0.717) is 35.6 Å². The smallest absolute Gasteiger partial charge is 0.410 e. The Labute approximate surface area is 158 Å². The quantitative estimate of drug-likeness (QED) is 0.774. The van der Waals surface area contributed by atoms with Crippen LogP contribution >= 0.6 is 0 Å². The third-order valence-electron chi connectivity index (χ3n) is 4.44. The average molecular weight is 363 g/mol. The Hall–Kier alpha value is -3.32. The molecule has 0 fully saturated rings. The average Bonchev–Trinajstić information content (AvgIpc) is 2.93. The van der Waals surface area contributed by atoms with Crippen LogP contribution in [-0.2, 0) is 17.8 Å². The predicted octanol–water partition coefficient (Wildman–Crippen LogP) is 3.35. The van der Waals surface area contributed by atoms with Gasteiger partial charge in [0.05, 0.1) is 29.1 Å². The van der Waals surface area contributed by atoms with Crippen LogP contribution in [0.15, 0.2) is 18.3 Å². The van der Waals surface area contributed by atoms with E-state index in [1.54, 1.807) is 11.1 Å². The maximum absolute atomic E-state index is 12.4. The fourth-order valence-corrected chi connectivity index (χ4v) is 3.29. The largest absolute Gasteiger partial charge is 0.444 e. The summed E-state index contributed by atoms with van der Waals surface area (Å²) in [5, 5.41) is 19.4. The Morgan fingerprint density at radius 1 is 1.22 bits per heavy atom. The topological polar surface area (TPSA) is 94.9 Å². The third-order valence-corrected chi connectivity index (χ3v) is 4.44. The first-order valence-electron chi connectivity index (χ1n) is 8.72. The van der Waals surface area contributed by atoms with Crippen LogP contribution in [0.25, 0.3) is 11.3 Å². The Bertz CT molecular complexity index is 986. The van der Waals surface area contributed by atoms with Crippen molar-refractivity contribution in [2.75, 3.05) is 6.54 Å². The van der Waals surface area contributed by atoms with Crippen molar-refractivity contribution in [3.63, 3.8) is 0 Å². The number of hydrogen-bond donors (Lipinski definition) is 0. The highest BCUT2D eigenvalue weighted by Crippen LogP contribution is 2.35. The van der Waals surface area contributed by atoms with E-state index in [1.807, 2.05) is 44.4 Å². The van der Waals surface area contributed by atoms with Crippen molar-refractivity contribution in [3.05, 3.63) is 40.8 Å². The van der Waals surface area contributed by atoms with E-state index in [0.717, 1.165) is 11.3 Å². The van der Waals surface area contributed by atoms with Crippen LogP contribution < -0.4 is 0 Å². The molecule has 2 aromatic heterocycles. The minimum atomic E-state index is -0.593. The summed E-state index contributed by atoms with van der Waals surface area (Å²) in [6, 6.07) is 8.03. The second-order valence-electron chi connectivity index (χ2n) is 7.46. The Morgan fingerprint density at radius 3 is 2.52 bits per heavy atom. The van der Waals surface area contributed by atoms with Crippen LogP contribution in [0.2, 0.25) is 0 Å². The molecule has 0 atom stereocenters. The number of aromatic nitrogens is 2. The molecular formula is C20H21N5O2. The molecule has 2 aromatic rings. The van der Waals surface area contributed by atoms with Gasteiger partial charge >= 0.3 is 6.09 Å². The standard InChI is InChI=1S/C20H21N5O2/c1-13-14(6-5-7-23-13)18-16(11-22)15(10-21)17-12-24(8-9-25(17)18)19(26)27-20(2,3)4/h5-7H,8-9,12H2,1-4H3. The molecule has 0 spiro atoms. The molecule has 0 bridgehead atoms. The Morgan fingerprint density at radius 2 is 1.93 bits per heavy atom. The molecule has 3 rings (SSSR count). The van der Waals surface area contributed by atoms with Crippen molar-refractivity contribution in [1.82, 2.24) is 14.5 Å². The molecule has 0 unspecified atom stereocenters. The highest BCUT2D eigenvalue weighted by molar-refractivity contribution is 5.76. The van der Waals surface area contributed by atoms with Gasteiger partial charge in [0.15, 0.2) is 0 Å². The molecular weight excluding hydrogens is 342 g/mol. The number of amides is 1. The van der Waals surface area contributed by atoms with Crippen LogP contribution in [0, 0.1) is 29.6 Å². The molecule has 1 aliphatic heterocycles. The van der Waals surface area contributed by atoms with Crippen molar-refractivity contribution < 1.29 is 9.53 Å². The monoisotopic (exact) mass is 363 g/mol. The molecule has 0 aromatic carbocycles. The Kier molecular flexibility index (Phi) is 4.63. The number of carbonyl (C=O) groups excluding carboxylic acids is 1. The fourth-order valence-electron chi connectivity index (χ4n) is 3.29. The van der Waals surface area contributed by atoms with Gasteiger partial charge < -0.3 is 14.2 Å². The molecule has 0 radical (unpaired) electrons. The summed E-state index contributed by atoms with van der Waals surface area (Å²) in [5.41, 5.74) is 3.00. The van der Waals surface area contributed by atoms with Gasteiger partial charge in [-0.25, -0.2) is 4.79 Å². The van der Waals surface area contributed by atoms with Crippen molar-refractivity contribution in [2.24, 2.45) is 0 Å². The normalized spacial score (nSPS) is 13.5. The molecule has 1 amide bonds. The molecule has 27 heavy (non-hydrogen) atoms. The molecule has 0 aliphatic carbocycles. The van der Waals surface area contributed by atoms with E-state index < -0.39 is 11.7 Å². The maximum atomic E-state index is 12.4. The van der Waals surface area contributed by atoms with E-state index >= 15 is 0 Å². The van der Waals surface area contributed by atoms with Crippen molar-refractivity contribution >= 4 is 6.09 Å². The molecule has 1 aliphatic rings. The van der Waals surface area contributed by atoms with Crippen LogP contribution in [0.5, 0.6) is 0 Å². The van der Waals surface area contributed by atoms with Gasteiger partial charge in [-0.05, 0) is 39.8 Å². The number of fused-ring (bicyclic) bond motifs is 1. The fraction of sp³-hybridized carbons (Fsp3) is 0.400. The number of rotatable bonds is 1. The lowest BCUT2D eigenvalue weighted by Gasteiger charge is -2.31. The second-order valence-corrected chi connectivity index (χ2v) is 7.46. The molecule has 0 saturated carbocycles. The number of pyridine rings is 1. The van der Waals surface area contributed by atoms with E-state index in [2.05, 4.69) is 17.1 Å². The first-order chi connectivity index (χ1) is 12.8. The van der Waals surface area contributed by atoms with Gasteiger partial charge in [0.2, 0.25) is 0 Å². The summed E-state index contributed by atoms with van der Waals surface area (Å²) in [6.45, 7) is 8.47. The summed E-state index contributed by atoms with van der Waals surface area (Å²) in [4.78, 5) is 18.3. The predicted molar refractivity (Wildman–Crippen MR) is 98.5 cm³/mol. The summed E-state index contributed by atoms with van der Waals surface area (Å²) in [7, 11) is 0. The lowest BCUT2D eigenvalue weighted by molar-refractivity contribution is 0.0199. The molecule has 138 valence electrons. The third kappa shape index (κ3) is 3.37.